The maximum Gasteiger partial charge on any atom is 0.255 e. The minimum Gasteiger partial charge on any atom is -0.497 e. The Hall–Kier alpha value is -3.60. The van der Waals surface area contributed by atoms with Gasteiger partial charge in [0.15, 0.2) is 0 Å². The number of aryl methyl sites for hydroxylation is 2. The lowest BCUT2D eigenvalue weighted by Gasteiger charge is -2.40. The molecular formula is C28H30N2O3. The number of piperazine rings is 1. The number of methoxy groups -OCH3 is 1. The molecule has 0 unspecified atom stereocenters. The van der Waals surface area contributed by atoms with Crippen molar-refractivity contribution in [1.29, 1.82) is 0 Å². The molecule has 3 aromatic rings. The highest BCUT2D eigenvalue weighted by Gasteiger charge is 2.42. The van der Waals surface area contributed by atoms with Gasteiger partial charge < -0.3 is 9.64 Å². The maximum atomic E-state index is 13.9. The molecule has 1 aliphatic heterocycles. The van der Waals surface area contributed by atoms with Gasteiger partial charge in [-0.25, -0.2) is 0 Å². The van der Waals surface area contributed by atoms with Crippen LogP contribution in [0, 0.1) is 13.8 Å². The molecule has 5 heteroatoms. The van der Waals surface area contributed by atoms with Crippen molar-refractivity contribution in [3.05, 3.63) is 89.0 Å². The Kier molecular flexibility index (Phi) is 6.23. The Morgan fingerprint density at radius 1 is 0.848 bits per heavy atom. The number of carbonyl (C=O) groups is 2. The molecule has 5 nitrogen and oxygen atoms in total. The monoisotopic (exact) mass is 442 g/mol. The van der Waals surface area contributed by atoms with Crippen LogP contribution in [0.2, 0.25) is 0 Å². The normalized spacial score (nSPS) is 16.5. The Morgan fingerprint density at radius 3 is 2.06 bits per heavy atom. The third kappa shape index (κ3) is 4.36. The fourth-order valence-electron chi connectivity index (χ4n) is 4.19. The molecule has 0 spiro atoms. The lowest BCUT2D eigenvalue weighted by Crippen LogP contribution is -2.56. The number of nitrogens with zero attached hydrogens (tertiary/aromatic N) is 2. The van der Waals surface area contributed by atoms with Crippen molar-refractivity contribution in [2.24, 2.45) is 0 Å². The molecule has 0 saturated carbocycles. The van der Waals surface area contributed by atoms with Gasteiger partial charge in [0.25, 0.3) is 5.91 Å². The van der Waals surface area contributed by atoms with Gasteiger partial charge in [-0.2, -0.15) is 0 Å². The Labute approximate surface area is 195 Å². The lowest BCUT2D eigenvalue weighted by molar-refractivity contribution is -0.128. The summed E-state index contributed by atoms with van der Waals surface area (Å²) in [5.74, 6) is 0.832. The van der Waals surface area contributed by atoms with Crippen molar-refractivity contribution >= 4 is 23.2 Å². The third-order valence-electron chi connectivity index (χ3n) is 6.39. The zero-order valence-electron chi connectivity index (χ0n) is 19.8. The van der Waals surface area contributed by atoms with Gasteiger partial charge in [-0.15, -0.1) is 0 Å². The first-order valence-corrected chi connectivity index (χ1v) is 11.2. The summed E-state index contributed by atoms with van der Waals surface area (Å²) in [6, 6.07) is 20.4. The molecule has 4 rings (SSSR count). The van der Waals surface area contributed by atoms with Gasteiger partial charge in [0.05, 0.1) is 7.11 Å². The quantitative estimate of drug-likeness (QED) is 0.520. The summed E-state index contributed by atoms with van der Waals surface area (Å²) < 4.78 is 5.27. The first-order valence-electron chi connectivity index (χ1n) is 11.2. The first kappa shape index (κ1) is 22.6. The van der Waals surface area contributed by atoms with E-state index in [0.717, 1.165) is 22.4 Å². The van der Waals surface area contributed by atoms with E-state index >= 15 is 0 Å². The average Bonchev–Trinajstić information content (AvgIpc) is 2.82. The van der Waals surface area contributed by atoms with Crippen molar-refractivity contribution < 1.29 is 14.3 Å². The average molecular weight is 443 g/mol. The van der Waals surface area contributed by atoms with Gasteiger partial charge in [-0.3, -0.25) is 14.5 Å². The van der Waals surface area contributed by atoms with Crippen LogP contribution in [0.3, 0.4) is 0 Å². The predicted molar refractivity (Wildman–Crippen MR) is 132 cm³/mol. The summed E-state index contributed by atoms with van der Waals surface area (Å²) in [4.78, 5) is 30.6. The molecule has 1 heterocycles. The van der Waals surface area contributed by atoms with Crippen LogP contribution in [0.25, 0.3) is 0 Å². The Morgan fingerprint density at radius 2 is 1.48 bits per heavy atom. The van der Waals surface area contributed by atoms with Crippen molar-refractivity contribution in [2.75, 3.05) is 23.5 Å². The second-order valence-corrected chi connectivity index (χ2v) is 8.88. The minimum absolute atomic E-state index is 0.00601. The minimum atomic E-state index is -0.748. The SMILES string of the molecule is COc1ccc(N2C(=O)CN(c3ccc(C)c(C)c3)C(=O)[C@H]2c2ccc(C(C)C)cc2)cc1. The van der Waals surface area contributed by atoms with Crippen molar-refractivity contribution in [2.45, 2.75) is 39.7 Å². The number of carbonyl (C=O) groups excluding carboxylic acids is 2. The zero-order chi connectivity index (χ0) is 23.7. The van der Waals surface area contributed by atoms with E-state index in [1.165, 1.54) is 5.56 Å². The van der Waals surface area contributed by atoms with Gasteiger partial charge in [0.2, 0.25) is 5.91 Å². The summed E-state index contributed by atoms with van der Waals surface area (Å²) in [6.07, 6.45) is 0. The number of amides is 2. The number of hydrogen-bond acceptors (Lipinski definition) is 3. The van der Waals surface area contributed by atoms with E-state index in [-0.39, 0.29) is 18.4 Å². The van der Waals surface area contributed by atoms with Gasteiger partial charge in [0, 0.05) is 11.4 Å². The van der Waals surface area contributed by atoms with Crippen LogP contribution in [-0.4, -0.2) is 25.5 Å². The van der Waals surface area contributed by atoms with Crippen LogP contribution in [0.15, 0.2) is 66.7 Å². The molecule has 33 heavy (non-hydrogen) atoms. The molecule has 0 aliphatic carbocycles. The lowest BCUT2D eigenvalue weighted by atomic mass is 9.95. The van der Waals surface area contributed by atoms with E-state index in [0.29, 0.717) is 17.4 Å². The van der Waals surface area contributed by atoms with Crippen molar-refractivity contribution in [3.8, 4) is 5.75 Å². The van der Waals surface area contributed by atoms with Gasteiger partial charge in [-0.1, -0.05) is 44.2 Å². The van der Waals surface area contributed by atoms with Crippen LogP contribution < -0.4 is 14.5 Å². The summed E-state index contributed by atoms with van der Waals surface area (Å²) >= 11 is 0. The largest absolute Gasteiger partial charge is 0.497 e. The molecule has 0 radical (unpaired) electrons. The molecule has 1 atom stereocenters. The molecule has 1 saturated heterocycles. The van der Waals surface area contributed by atoms with E-state index in [1.807, 2.05) is 80.6 Å². The van der Waals surface area contributed by atoms with Crippen molar-refractivity contribution in [1.82, 2.24) is 0 Å². The molecular weight excluding hydrogens is 412 g/mol. The summed E-state index contributed by atoms with van der Waals surface area (Å²) in [6.45, 7) is 8.31. The van der Waals surface area contributed by atoms with E-state index < -0.39 is 6.04 Å². The van der Waals surface area contributed by atoms with Crippen LogP contribution in [-0.2, 0) is 9.59 Å². The smallest absolute Gasteiger partial charge is 0.255 e. The summed E-state index contributed by atoms with van der Waals surface area (Å²) in [5.41, 5.74) is 5.64. The highest BCUT2D eigenvalue weighted by molar-refractivity contribution is 6.14. The van der Waals surface area contributed by atoms with Gasteiger partial charge in [-0.05, 0) is 78.4 Å². The van der Waals surface area contributed by atoms with Gasteiger partial charge in [0.1, 0.15) is 18.3 Å². The van der Waals surface area contributed by atoms with E-state index in [4.69, 9.17) is 4.74 Å². The van der Waals surface area contributed by atoms with Crippen LogP contribution in [0.5, 0.6) is 5.75 Å². The second kappa shape index (κ2) is 9.10. The predicted octanol–water partition coefficient (Wildman–Crippen LogP) is 5.56. The number of anilines is 2. The number of benzene rings is 3. The molecule has 1 fully saturated rings. The Bertz CT molecular complexity index is 1170. The van der Waals surface area contributed by atoms with Crippen LogP contribution in [0.4, 0.5) is 11.4 Å². The third-order valence-corrected chi connectivity index (χ3v) is 6.39. The molecule has 2 amide bonds. The molecule has 0 bridgehead atoms. The number of hydrogen-bond donors (Lipinski definition) is 0. The molecule has 170 valence electrons. The zero-order valence-corrected chi connectivity index (χ0v) is 19.8. The Balaban J connectivity index is 1.79. The first-order chi connectivity index (χ1) is 15.8. The topological polar surface area (TPSA) is 49.9 Å². The summed E-state index contributed by atoms with van der Waals surface area (Å²) in [5, 5.41) is 0. The van der Waals surface area contributed by atoms with E-state index in [2.05, 4.69) is 13.8 Å². The van der Waals surface area contributed by atoms with Gasteiger partial charge >= 0.3 is 0 Å². The standard InChI is InChI=1S/C28H30N2O3/c1-18(2)21-7-9-22(10-8-21)27-28(32)29(24-11-6-19(3)20(4)16-24)17-26(31)30(27)23-12-14-25(33-5)15-13-23/h6-16,18,27H,17H2,1-5H3/t27-/m1/s1. The second-order valence-electron chi connectivity index (χ2n) is 8.88. The fourth-order valence-corrected chi connectivity index (χ4v) is 4.19. The van der Waals surface area contributed by atoms with E-state index in [1.54, 1.807) is 16.9 Å². The molecule has 0 aromatic heterocycles. The summed E-state index contributed by atoms with van der Waals surface area (Å²) in [7, 11) is 1.60. The molecule has 0 N–H and O–H groups in total. The van der Waals surface area contributed by atoms with Crippen LogP contribution >= 0.6 is 0 Å². The number of rotatable bonds is 5. The molecule has 1 aliphatic rings. The van der Waals surface area contributed by atoms with E-state index in [9.17, 15) is 9.59 Å². The highest BCUT2D eigenvalue weighted by atomic mass is 16.5. The highest BCUT2D eigenvalue weighted by Crippen LogP contribution is 2.36. The van der Waals surface area contributed by atoms with Crippen molar-refractivity contribution in [3.63, 3.8) is 0 Å². The van der Waals surface area contributed by atoms with Crippen LogP contribution in [0.1, 0.15) is 48.1 Å². The molecule has 3 aromatic carbocycles. The fraction of sp³-hybridized carbons (Fsp3) is 0.286. The maximum absolute atomic E-state index is 13.9. The number of ether oxygens (including phenoxy) is 1.